The number of nitrogens with zero attached hydrogens (tertiary/aromatic N) is 2. The maximum absolute atomic E-state index is 12.3. The van der Waals surface area contributed by atoms with Crippen molar-refractivity contribution in [2.45, 2.75) is 13.5 Å². The Bertz CT molecular complexity index is 884. The highest BCUT2D eigenvalue weighted by molar-refractivity contribution is 6.31. The molecule has 0 unspecified atom stereocenters. The third-order valence-electron chi connectivity index (χ3n) is 3.73. The molecule has 5 nitrogen and oxygen atoms in total. The van der Waals surface area contributed by atoms with Crippen LogP contribution >= 0.6 is 11.6 Å². The van der Waals surface area contributed by atoms with Crippen LogP contribution < -0.4 is 10.6 Å². The molecule has 1 heterocycles. The predicted molar refractivity (Wildman–Crippen MR) is 99.1 cm³/mol. The van der Waals surface area contributed by atoms with Crippen LogP contribution in [0.1, 0.15) is 21.6 Å². The van der Waals surface area contributed by atoms with Crippen molar-refractivity contribution in [1.29, 1.82) is 0 Å². The van der Waals surface area contributed by atoms with E-state index < -0.39 is 0 Å². The Balaban J connectivity index is 1.70. The van der Waals surface area contributed by atoms with Crippen molar-refractivity contribution in [3.05, 3.63) is 82.8 Å². The molecular weight excluding hydrogens is 336 g/mol. The van der Waals surface area contributed by atoms with Gasteiger partial charge in [0.15, 0.2) is 0 Å². The normalized spacial score (nSPS) is 10.3. The smallest absolute Gasteiger partial charge is 0.270 e. The van der Waals surface area contributed by atoms with Gasteiger partial charge >= 0.3 is 0 Å². The first-order chi connectivity index (χ1) is 12.1. The van der Waals surface area contributed by atoms with E-state index in [0.29, 0.717) is 23.1 Å². The Morgan fingerprint density at radius 2 is 1.88 bits per heavy atom. The maximum atomic E-state index is 12.3. The van der Waals surface area contributed by atoms with Gasteiger partial charge in [0.2, 0.25) is 0 Å². The Labute approximate surface area is 151 Å². The lowest BCUT2D eigenvalue weighted by Crippen LogP contribution is -2.24. The number of nitrogens with one attached hydrogen (secondary N) is 2. The minimum Gasteiger partial charge on any atom is -0.347 e. The van der Waals surface area contributed by atoms with Gasteiger partial charge < -0.3 is 10.6 Å². The first kappa shape index (κ1) is 16.9. The van der Waals surface area contributed by atoms with E-state index in [2.05, 4.69) is 20.6 Å². The second-order valence-electron chi connectivity index (χ2n) is 5.49. The Kier molecular flexibility index (Phi) is 5.26. The number of halogens is 1. The summed E-state index contributed by atoms with van der Waals surface area (Å²) in [6.45, 7) is 2.36. The van der Waals surface area contributed by atoms with Crippen LogP contribution in [0.15, 0.2) is 60.9 Å². The quantitative estimate of drug-likeness (QED) is 0.725. The maximum Gasteiger partial charge on any atom is 0.270 e. The van der Waals surface area contributed by atoms with Crippen molar-refractivity contribution in [3.8, 4) is 0 Å². The van der Waals surface area contributed by atoms with Gasteiger partial charge in [-0.2, -0.15) is 0 Å². The summed E-state index contributed by atoms with van der Waals surface area (Å²) in [7, 11) is 0. The molecule has 6 heteroatoms. The first-order valence-corrected chi connectivity index (χ1v) is 8.17. The number of aromatic nitrogens is 2. The van der Waals surface area contributed by atoms with Gasteiger partial charge in [-0.25, -0.2) is 9.97 Å². The lowest BCUT2D eigenvalue weighted by Gasteiger charge is -2.10. The summed E-state index contributed by atoms with van der Waals surface area (Å²) in [5, 5.41) is 6.68. The molecule has 0 saturated heterocycles. The van der Waals surface area contributed by atoms with Crippen LogP contribution in [0.4, 0.5) is 11.5 Å². The molecular formula is C19H17ClN4O. The lowest BCUT2D eigenvalue weighted by molar-refractivity contribution is 0.0946. The molecule has 126 valence electrons. The van der Waals surface area contributed by atoms with E-state index in [1.807, 2.05) is 55.5 Å². The second kappa shape index (κ2) is 7.77. The molecule has 1 aromatic heterocycles. The standard InChI is InChI=1S/C19H17ClN4O/c1-13-15(20)8-5-9-16(13)24-18-10-17(22-12-23-18)19(25)21-11-14-6-3-2-4-7-14/h2-10,12H,11H2,1H3,(H,21,25)(H,22,23,24). The van der Waals surface area contributed by atoms with E-state index in [0.717, 1.165) is 16.8 Å². The molecule has 0 spiro atoms. The average Bonchev–Trinajstić information content (AvgIpc) is 2.64. The van der Waals surface area contributed by atoms with Crippen molar-refractivity contribution < 1.29 is 4.79 Å². The molecule has 0 fully saturated rings. The minimum absolute atomic E-state index is 0.253. The summed E-state index contributed by atoms with van der Waals surface area (Å²) in [5.74, 6) is 0.280. The van der Waals surface area contributed by atoms with Crippen LogP contribution in [0.2, 0.25) is 5.02 Å². The fourth-order valence-corrected chi connectivity index (χ4v) is 2.47. The van der Waals surface area contributed by atoms with Gasteiger partial charge in [0.05, 0.1) is 0 Å². The molecule has 0 saturated carbocycles. The highest BCUT2D eigenvalue weighted by Crippen LogP contribution is 2.25. The molecule has 1 amide bonds. The van der Waals surface area contributed by atoms with E-state index >= 15 is 0 Å². The largest absolute Gasteiger partial charge is 0.347 e. The number of benzene rings is 2. The summed E-state index contributed by atoms with van der Waals surface area (Å²) >= 11 is 6.12. The molecule has 0 radical (unpaired) electrons. The molecule has 25 heavy (non-hydrogen) atoms. The number of rotatable bonds is 5. The molecule has 0 atom stereocenters. The number of hydrogen-bond acceptors (Lipinski definition) is 4. The molecule has 0 aliphatic heterocycles. The highest BCUT2D eigenvalue weighted by Gasteiger charge is 2.10. The molecule has 0 bridgehead atoms. The minimum atomic E-state index is -0.253. The summed E-state index contributed by atoms with van der Waals surface area (Å²) in [5.41, 5.74) is 3.07. The zero-order valence-corrected chi connectivity index (χ0v) is 14.4. The van der Waals surface area contributed by atoms with Crippen LogP contribution in [0.25, 0.3) is 0 Å². The molecule has 2 aromatic carbocycles. The van der Waals surface area contributed by atoms with Crippen LogP contribution in [0.5, 0.6) is 0 Å². The van der Waals surface area contributed by atoms with Gasteiger partial charge in [-0.05, 0) is 30.2 Å². The van der Waals surface area contributed by atoms with Crippen LogP contribution in [0.3, 0.4) is 0 Å². The average molecular weight is 353 g/mol. The molecule has 0 aliphatic rings. The van der Waals surface area contributed by atoms with Gasteiger partial charge in [0.1, 0.15) is 17.8 Å². The lowest BCUT2D eigenvalue weighted by atomic mass is 10.2. The topological polar surface area (TPSA) is 66.9 Å². The van der Waals surface area contributed by atoms with E-state index in [1.54, 1.807) is 6.07 Å². The SMILES string of the molecule is Cc1c(Cl)cccc1Nc1cc(C(=O)NCc2ccccc2)ncn1. The zero-order chi connectivity index (χ0) is 17.6. The fourth-order valence-electron chi connectivity index (χ4n) is 2.30. The van der Waals surface area contributed by atoms with Crippen molar-refractivity contribution in [2.24, 2.45) is 0 Å². The zero-order valence-electron chi connectivity index (χ0n) is 13.7. The summed E-state index contributed by atoms with van der Waals surface area (Å²) in [6, 6.07) is 16.9. The number of amides is 1. The third-order valence-corrected chi connectivity index (χ3v) is 4.14. The summed E-state index contributed by atoms with van der Waals surface area (Å²) < 4.78 is 0. The molecule has 2 N–H and O–H groups in total. The molecule has 3 rings (SSSR count). The van der Waals surface area contributed by atoms with Gasteiger partial charge in [0.25, 0.3) is 5.91 Å². The van der Waals surface area contributed by atoms with Gasteiger partial charge in [-0.1, -0.05) is 48.0 Å². The number of anilines is 2. The van der Waals surface area contributed by atoms with Gasteiger partial charge in [0, 0.05) is 23.3 Å². The predicted octanol–water partition coefficient (Wildman–Crippen LogP) is 4.11. The molecule has 0 aliphatic carbocycles. The van der Waals surface area contributed by atoms with Crippen molar-refractivity contribution in [3.63, 3.8) is 0 Å². The number of carbonyl (C=O) groups excluding carboxylic acids is 1. The summed E-state index contributed by atoms with van der Waals surface area (Å²) in [6.07, 6.45) is 1.36. The second-order valence-corrected chi connectivity index (χ2v) is 5.90. The third kappa shape index (κ3) is 4.33. The van der Waals surface area contributed by atoms with Gasteiger partial charge in [-0.3, -0.25) is 4.79 Å². The number of hydrogen-bond donors (Lipinski definition) is 2. The van der Waals surface area contributed by atoms with E-state index in [1.165, 1.54) is 6.33 Å². The van der Waals surface area contributed by atoms with Crippen molar-refractivity contribution in [1.82, 2.24) is 15.3 Å². The van der Waals surface area contributed by atoms with Crippen molar-refractivity contribution >= 4 is 29.0 Å². The van der Waals surface area contributed by atoms with E-state index in [9.17, 15) is 4.79 Å². The highest BCUT2D eigenvalue weighted by atomic mass is 35.5. The Morgan fingerprint density at radius 3 is 2.68 bits per heavy atom. The summed E-state index contributed by atoms with van der Waals surface area (Å²) in [4.78, 5) is 20.5. The van der Waals surface area contributed by atoms with Crippen LogP contribution in [-0.4, -0.2) is 15.9 Å². The van der Waals surface area contributed by atoms with E-state index in [4.69, 9.17) is 11.6 Å². The van der Waals surface area contributed by atoms with Gasteiger partial charge in [-0.15, -0.1) is 0 Å². The first-order valence-electron chi connectivity index (χ1n) is 7.80. The Morgan fingerprint density at radius 1 is 1.08 bits per heavy atom. The molecule has 3 aromatic rings. The monoisotopic (exact) mass is 352 g/mol. The van der Waals surface area contributed by atoms with Crippen molar-refractivity contribution in [2.75, 3.05) is 5.32 Å². The number of carbonyl (C=O) groups is 1. The van der Waals surface area contributed by atoms with Crippen LogP contribution in [-0.2, 0) is 6.54 Å². The Hall–Kier alpha value is -2.92. The van der Waals surface area contributed by atoms with E-state index in [-0.39, 0.29) is 5.91 Å². The fraction of sp³-hybridized carbons (Fsp3) is 0.105. The van der Waals surface area contributed by atoms with Crippen LogP contribution in [0, 0.1) is 6.92 Å².